The Hall–Kier alpha value is -6.17. The number of anilines is 3. The number of rotatable bonds is 5. The Morgan fingerprint density at radius 1 is 0.438 bits per heavy atom. The van der Waals surface area contributed by atoms with E-state index in [0.717, 1.165) is 81.7 Å². The summed E-state index contributed by atoms with van der Waals surface area (Å²) in [6, 6.07) is 54.9. The van der Waals surface area contributed by atoms with E-state index in [9.17, 15) is 0 Å². The van der Waals surface area contributed by atoms with Crippen molar-refractivity contribution in [3.8, 4) is 21.7 Å². The zero-order valence-electron chi connectivity index (χ0n) is 25.6. The van der Waals surface area contributed by atoms with Crippen LogP contribution < -0.4 is 4.90 Å². The molecule has 0 aliphatic carbocycles. The van der Waals surface area contributed by atoms with Gasteiger partial charge in [0.1, 0.15) is 27.3 Å². The Bertz CT molecular complexity index is 2780. The molecule has 0 saturated carbocycles. The Kier molecular flexibility index (Phi) is 6.01. The van der Waals surface area contributed by atoms with Crippen LogP contribution in [0, 0.1) is 0 Å². The molecule has 0 bridgehead atoms. The molecule has 10 aromatic rings. The molecule has 0 saturated heterocycles. The van der Waals surface area contributed by atoms with Crippen LogP contribution in [-0.4, -0.2) is 4.98 Å². The van der Waals surface area contributed by atoms with Gasteiger partial charge in [-0.2, -0.15) is 0 Å². The molecule has 5 heteroatoms. The third-order valence-corrected chi connectivity index (χ3v) is 10.2. The van der Waals surface area contributed by atoms with Gasteiger partial charge in [-0.05, 0) is 65.7 Å². The number of benzene rings is 7. The molecule has 7 aromatic carbocycles. The zero-order valence-corrected chi connectivity index (χ0v) is 26.4. The van der Waals surface area contributed by atoms with Crippen LogP contribution in [0.25, 0.3) is 75.8 Å². The predicted molar refractivity (Wildman–Crippen MR) is 200 cm³/mol. The number of hydrogen-bond donors (Lipinski definition) is 0. The third-order valence-electron chi connectivity index (χ3n) is 9.11. The summed E-state index contributed by atoms with van der Waals surface area (Å²) in [4.78, 5) is 7.37. The maximum absolute atomic E-state index is 6.54. The standard InChI is InChI=1S/C43H26N2O2S/c1-3-9-27(10-4-1)28-15-17-30(18-16-28)45(31-19-21-34-33-13-7-8-14-36(33)46-38(34)25-31)32-20-22-35-39(26-32)47-37-23-24-40-42(41(35)37)44-43(48-40)29-11-5-2-6-12-29/h1-26H. The Morgan fingerprint density at radius 2 is 1.02 bits per heavy atom. The fourth-order valence-corrected chi connectivity index (χ4v) is 7.80. The molecule has 0 fully saturated rings. The number of aromatic nitrogens is 1. The Morgan fingerprint density at radius 3 is 1.79 bits per heavy atom. The molecule has 0 atom stereocenters. The minimum Gasteiger partial charge on any atom is -0.456 e. The first-order valence-electron chi connectivity index (χ1n) is 15.9. The molecule has 226 valence electrons. The lowest BCUT2D eigenvalue weighted by molar-refractivity contribution is 0.669. The van der Waals surface area contributed by atoms with Crippen LogP contribution in [-0.2, 0) is 0 Å². The van der Waals surface area contributed by atoms with Gasteiger partial charge >= 0.3 is 0 Å². The molecule has 0 radical (unpaired) electrons. The van der Waals surface area contributed by atoms with Gasteiger partial charge in [0.05, 0.1) is 15.6 Å². The molecule has 48 heavy (non-hydrogen) atoms. The van der Waals surface area contributed by atoms with E-state index in [1.807, 2.05) is 24.3 Å². The number of hydrogen-bond acceptors (Lipinski definition) is 5. The molecule has 3 aromatic heterocycles. The van der Waals surface area contributed by atoms with Gasteiger partial charge in [-0.1, -0.05) is 91.0 Å². The fraction of sp³-hybridized carbons (Fsp3) is 0. The SMILES string of the molecule is c1ccc(-c2ccc(N(c3ccc4c(c3)oc3ccccc34)c3ccc4c(c3)oc3ccc5sc(-c6ccccc6)nc5c34)cc2)cc1. The highest BCUT2D eigenvalue weighted by Crippen LogP contribution is 2.43. The van der Waals surface area contributed by atoms with Crippen molar-refractivity contribution in [2.45, 2.75) is 0 Å². The summed E-state index contributed by atoms with van der Waals surface area (Å²) in [6.07, 6.45) is 0. The zero-order chi connectivity index (χ0) is 31.6. The second-order valence-corrected chi connectivity index (χ2v) is 13.0. The van der Waals surface area contributed by atoms with E-state index in [0.29, 0.717) is 0 Å². The van der Waals surface area contributed by atoms with Crippen molar-refractivity contribution in [2.75, 3.05) is 4.90 Å². The molecule has 0 amide bonds. The number of para-hydroxylation sites is 1. The van der Waals surface area contributed by atoms with Crippen molar-refractivity contribution < 1.29 is 8.83 Å². The number of thiazole rings is 1. The van der Waals surface area contributed by atoms with Crippen molar-refractivity contribution in [1.82, 2.24) is 4.98 Å². The van der Waals surface area contributed by atoms with Crippen LogP contribution >= 0.6 is 11.3 Å². The maximum Gasteiger partial charge on any atom is 0.137 e. The van der Waals surface area contributed by atoms with Crippen molar-refractivity contribution in [1.29, 1.82) is 0 Å². The van der Waals surface area contributed by atoms with E-state index < -0.39 is 0 Å². The van der Waals surface area contributed by atoms with E-state index in [-0.39, 0.29) is 0 Å². The van der Waals surface area contributed by atoms with Crippen molar-refractivity contribution in [3.05, 3.63) is 158 Å². The van der Waals surface area contributed by atoms with Crippen LogP contribution in [0.15, 0.2) is 167 Å². The average Bonchev–Trinajstić information content (AvgIpc) is 3.85. The van der Waals surface area contributed by atoms with Crippen LogP contribution in [0.2, 0.25) is 0 Å². The lowest BCUT2D eigenvalue weighted by Gasteiger charge is -2.25. The smallest absolute Gasteiger partial charge is 0.137 e. The summed E-state index contributed by atoms with van der Waals surface area (Å²) in [5.74, 6) is 0. The van der Waals surface area contributed by atoms with Gasteiger partial charge in [-0.15, -0.1) is 11.3 Å². The second kappa shape index (κ2) is 10.7. The quantitative estimate of drug-likeness (QED) is 0.189. The van der Waals surface area contributed by atoms with Gasteiger partial charge in [0.25, 0.3) is 0 Å². The van der Waals surface area contributed by atoms with Crippen molar-refractivity contribution >= 4 is 82.5 Å². The van der Waals surface area contributed by atoms with E-state index >= 15 is 0 Å². The fourth-order valence-electron chi connectivity index (χ4n) is 6.82. The molecule has 3 heterocycles. The van der Waals surface area contributed by atoms with Crippen LogP contribution in [0.1, 0.15) is 0 Å². The van der Waals surface area contributed by atoms with Crippen molar-refractivity contribution in [2.24, 2.45) is 0 Å². The molecule has 10 rings (SSSR count). The van der Waals surface area contributed by atoms with Crippen LogP contribution in [0.3, 0.4) is 0 Å². The first kappa shape index (κ1) is 27.0. The minimum absolute atomic E-state index is 0.819. The third kappa shape index (κ3) is 4.33. The van der Waals surface area contributed by atoms with Gasteiger partial charge < -0.3 is 13.7 Å². The van der Waals surface area contributed by atoms with E-state index in [2.05, 4.69) is 138 Å². The predicted octanol–water partition coefficient (Wildman–Crippen LogP) is 12.9. The topological polar surface area (TPSA) is 42.4 Å². The summed E-state index contributed by atoms with van der Waals surface area (Å²) in [7, 11) is 0. The number of nitrogens with zero attached hydrogens (tertiary/aromatic N) is 2. The van der Waals surface area contributed by atoms with Crippen LogP contribution in [0.5, 0.6) is 0 Å². The summed E-state index contributed by atoms with van der Waals surface area (Å²) < 4.78 is 14.0. The van der Waals surface area contributed by atoms with Crippen molar-refractivity contribution in [3.63, 3.8) is 0 Å². The molecule has 0 unspecified atom stereocenters. The normalized spacial score (nSPS) is 11.8. The van der Waals surface area contributed by atoms with E-state index in [4.69, 9.17) is 13.8 Å². The minimum atomic E-state index is 0.819. The number of furan rings is 2. The van der Waals surface area contributed by atoms with Gasteiger partial charge in [0.15, 0.2) is 0 Å². The number of fused-ring (bicyclic) bond motifs is 8. The largest absolute Gasteiger partial charge is 0.456 e. The lowest BCUT2D eigenvalue weighted by Crippen LogP contribution is -2.09. The highest BCUT2D eigenvalue weighted by Gasteiger charge is 2.20. The Balaban J connectivity index is 1.14. The average molecular weight is 635 g/mol. The monoisotopic (exact) mass is 634 g/mol. The maximum atomic E-state index is 6.54. The summed E-state index contributed by atoms with van der Waals surface area (Å²) in [6.45, 7) is 0. The van der Waals surface area contributed by atoms with Gasteiger partial charge in [-0.3, -0.25) is 0 Å². The molecule has 0 aliphatic heterocycles. The summed E-state index contributed by atoms with van der Waals surface area (Å²) >= 11 is 1.71. The first-order chi connectivity index (χ1) is 23.8. The molecule has 4 nitrogen and oxygen atoms in total. The lowest BCUT2D eigenvalue weighted by atomic mass is 10.0. The van der Waals surface area contributed by atoms with E-state index in [1.165, 1.54) is 11.1 Å². The second-order valence-electron chi connectivity index (χ2n) is 12.0. The molecule has 0 N–H and O–H groups in total. The van der Waals surface area contributed by atoms with Gasteiger partial charge in [0, 0.05) is 50.9 Å². The van der Waals surface area contributed by atoms with Crippen LogP contribution in [0.4, 0.5) is 17.1 Å². The summed E-state index contributed by atoms with van der Waals surface area (Å²) in [5, 5.41) is 5.33. The van der Waals surface area contributed by atoms with E-state index in [1.54, 1.807) is 11.3 Å². The first-order valence-corrected chi connectivity index (χ1v) is 16.8. The molecular formula is C43H26N2O2S. The highest BCUT2D eigenvalue weighted by atomic mass is 32.1. The van der Waals surface area contributed by atoms with Gasteiger partial charge in [0.2, 0.25) is 0 Å². The Labute approximate surface area is 279 Å². The van der Waals surface area contributed by atoms with Gasteiger partial charge in [-0.25, -0.2) is 4.98 Å². The summed E-state index contributed by atoms with van der Waals surface area (Å²) in [5.41, 5.74) is 10.9. The molecule has 0 aliphatic rings. The highest BCUT2D eigenvalue weighted by molar-refractivity contribution is 7.21. The molecule has 0 spiro atoms. The molecular weight excluding hydrogens is 609 g/mol.